The molecule has 0 bridgehead atoms. The molecule has 0 radical (unpaired) electrons. The third-order valence-electron chi connectivity index (χ3n) is 6.91. The molecule has 0 unspecified atom stereocenters. The zero-order chi connectivity index (χ0) is 24.3. The van der Waals surface area contributed by atoms with E-state index in [2.05, 4.69) is 81.2 Å². The standard InChI is InChI=1S/C30H29N5O/c1-36-27-15-9-8-14-26(27)35-21-25(24-12-6-3-7-13-24)28-29(31-22-32-30(28)35)34-18-16-33(17-19-34)20-23-10-4-2-5-11-23/h2-15,21-22H,16-20H2,1H3. The SMILES string of the molecule is COc1ccccc1-n1cc(-c2ccccc2)c2c(N3CCN(Cc4ccccc4)CC3)ncnc21. The minimum absolute atomic E-state index is 0.809. The van der Waals surface area contributed by atoms with Crippen LogP contribution in [0.5, 0.6) is 5.75 Å². The average Bonchev–Trinajstić information content (AvgIpc) is 3.34. The Hall–Kier alpha value is -4.16. The average molecular weight is 476 g/mol. The Kier molecular flexibility index (Phi) is 6.10. The van der Waals surface area contributed by atoms with E-state index < -0.39 is 0 Å². The molecule has 6 rings (SSSR count). The van der Waals surface area contributed by atoms with E-state index in [1.54, 1.807) is 13.4 Å². The molecule has 0 aliphatic carbocycles. The molecule has 6 heteroatoms. The Balaban J connectivity index is 1.40. The summed E-state index contributed by atoms with van der Waals surface area (Å²) in [5, 5.41) is 1.08. The second-order valence-electron chi connectivity index (χ2n) is 9.10. The zero-order valence-corrected chi connectivity index (χ0v) is 20.4. The molecule has 1 saturated heterocycles. The summed E-state index contributed by atoms with van der Waals surface area (Å²) in [5.74, 6) is 1.80. The van der Waals surface area contributed by atoms with Crippen LogP contribution in [0.3, 0.4) is 0 Å². The van der Waals surface area contributed by atoms with Gasteiger partial charge in [-0.05, 0) is 23.3 Å². The molecule has 0 spiro atoms. The fourth-order valence-electron chi connectivity index (χ4n) is 5.09. The van der Waals surface area contributed by atoms with Crippen molar-refractivity contribution in [2.45, 2.75) is 6.54 Å². The number of rotatable bonds is 6. The van der Waals surface area contributed by atoms with Crippen molar-refractivity contribution in [1.29, 1.82) is 0 Å². The number of methoxy groups -OCH3 is 1. The van der Waals surface area contributed by atoms with Crippen LogP contribution in [0.4, 0.5) is 5.82 Å². The van der Waals surface area contributed by atoms with Gasteiger partial charge in [0, 0.05) is 44.5 Å². The Bertz CT molecular complexity index is 1460. The van der Waals surface area contributed by atoms with Crippen molar-refractivity contribution >= 4 is 16.9 Å². The zero-order valence-electron chi connectivity index (χ0n) is 20.4. The lowest BCUT2D eigenvalue weighted by Gasteiger charge is -2.35. The van der Waals surface area contributed by atoms with Gasteiger partial charge in [0.1, 0.15) is 17.9 Å². The van der Waals surface area contributed by atoms with Crippen LogP contribution in [-0.2, 0) is 6.54 Å². The van der Waals surface area contributed by atoms with E-state index in [-0.39, 0.29) is 0 Å². The van der Waals surface area contributed by atoms with Gasteiger partial charge in [-0.3, -0.25) is 9.47 Å². The molecule has 3 heterocycles. The molecule has 36 heavy (non-hydrogen) atoms. The first kappa shape index (κ1) is 22.3. The summed E-state index contributed by atoms with van der Waals surface area (Å²) in [6.07, 6.45) is 3.86. The highest BCUT2D eigenvalue weighted by Crippen LogP contribution is 2.38. The predicted molar refractivity (Wildman–Crippen MR) is 145 cm³/mol. The monoisotopic (exact) mass is 475 g/mol. The topological polar surface area (TPSA) is 46.4 Å². The molecule has 5 aromatic rings. The molecular weight excluding hydrogens is 446 g/mol. The van der Waals surface area contributed by atoms with E-state index in [0.717, 1.165) is 72.1 Å². The smallest absolute Gasteiger partial charge is 0.150 e. The maximum absolute atomic E-state index is 5.69. The normalized spacial score (nSPS) is 14.3. The minimum Gasteiger partial charge on any atom is -0.495 e. The predicted octanol–water partition coefficient (Wildman–Crippen LogP) is 5.42. The van der Waals surface area contributed by atoms with E-state index >= 15 is 0 Å². The van der Waals surface area contributed by atoms with Crippen molar-refractivity contribution in [1.82, 2.24) is 19.4 Å². The minimum atomic E-state index is 0.809. The van der Waals surface area contributed by atoms with Gasteiger partial charge in [-0.2, -0.15) is 0 Å². The molecule has 6 nitrogen and oxygen atoms in total. The van der Waals surface area contributed by atoms with Gasteiger partial charge >= 0.3 is 0 Å². The Labute approximate surface area is 211 Å². The van der Waals surface area contributed by atoms with Crippen LogP contribution in [-0.4, -0.2) is 52.7 Å². The van der Waals surface area contributed by atoms with E-state index in [0.29, 0.717) is 0 Å². The first-order chi connectivity index (χ1) is 17.8. The quantitative estimate of drug-likeness (QED) is 0.328. The number of benzene rings is 3. The summed E-state index contributed by atoms with van der Waals surface area (Å²) in [5.41, 5.74) is 5.48. The van der Waals surface area contributed by atoms with E-state index in [9.17, 15) is 0 Å². The van der Waals surface area contributed by atoms with Crippen LogP contribution >= 0.6 is 0 Å². The number of nitrogens with zero attached hydrogens (tertiary/aromatic N) is 5. The van der Waals surface area contributed by atoms with Gasteiger partial charge in [0.25, 0.3) is 0 Å². The number of aromatic nitrogens is 3. The molecule has 1 fully saturated rings. The van der Waals surface area contributed by atoms with Crippen LogP contribution < -0.4 is 9.64 Å². The number of piperazine rings is 1. The van der Waals surface area contributed by atoms with Gasteiger partial charge < -0.3 is 9.64 Å². The fourth-order valence-corrected chi connectivity index (χ4v) is 5.09. The van der Waals surface area contributed by atoms with Crippen LogP contribution in [0.25, 0.3) is 27.8 Å². The van der Waals surface area contributed by atoms with Crippen molar-refractivity contribution in [2.24, 2.45) is 0 Å². The molecular formula is C30H29N5O. The van der Waals surface area contributed by atoms with Gasteiger partial charge in [-0.15, -0.1) is 0 Å². The largest absolute Gasteiger partial charge is 0.495 e. The summed E-state index contributed by atoms with van der Waals surface area (Å²) < 4.78 is 7.82. The molecule has 3 aromatic carbocycles. The van der Waals surface area contributed by atoms with Crippen molar-refractivity contribution in [2.75, 3.05) is 38.2 Å². The summed E-state index contributed by atoms with van der Waals surface area (Å²) in [6, 6.07) is 29.3. The Morgan fingerprint density at radius 2 is 1.47 bits per heavy atom. The van der Waals surface area contributed by atoms with E-state index in [1.165, 1.54) is 5.56 Å². The van der Waals surface area contributed by atoms with Crippen LogP contribution in [0, 0.1) is 0 Å². The second-order valence-corrected chi connectivity index (χ2v) is 9.10. The van der Waals surface area contributed by atoms with Crippen molar-refractivity contribution in [3.8, 4) is 22.6 Å². The van der Waals surface area contributed by atoms with Crippen molar-refractivity contribution < 1.29 is 4.74 Å². The number of para-hydroxylation sites is 2. The first-order valence-electron chi connectivity index (χ1n) is 12.4. The highest BCUT2D eigenvalue weighted by atomic mass is 16.5. The van der Waals surface area contributed by atoms with Crippen molar-refractivity contribution in [3.63, 3.8) is 0 Å². The summed E-state index contributed by atoms with van der Waals surface area (Å²) in [4.78, 5) is 14.5. The maximum Gasteiger partial charge on any atom is 0.150 e. The number of hydrogen-bond donors (Lipinski definition) is 0. The first-order valence-corrected chi connectivity index (χ1v) is 12.4. The fraction of sp³-hybridized carbons (Fsp3) is 0.200. The molecule has 0 amide bonds. The molecule has 0 atom stereocenters. The number of ether oxygens (including phenoxy) is 1. The summed E-state index contributed by atoms with van der Waals surface area (Å²) in [7, 11) is 1.71. The highest BCUT2D eigenvalue weighted by Gasteiger charge is 2.24. The number of fused-ring (bicyclic) bond motifs is 1. The van der Waals surface area contributed by atoms with E-state index in [4.69, 9.17) is 14.7 Å². The Morgan fingerprint density at radius 1 is 0.778 bits per heavy atom. The Morgan fingerprint density at radius 3 is 2.22 bits per heavy atom. The lowest BCUT2D eigenvalue weighted by molar-refractivity contribution is 0.249. The molecule has 0 N–H and O–H groups in total. The third-order valence-corrected chi connectivity index (χ3v) is 6.91. The van der Waals surface area contributed by atoms with Gasteiger partial charge in [0.05, 0.1) is 18.2 Å². The number of anilines is 1. The summed E-state index contributed by atoms with van der Waals surface area (Å²) >= 11 is 0. The van der Waals surface area contributed by atoms with Crippen LogP contribution in [0.15, 0.2) is 97.5 Å². The highest BCUT2D eigenvalue weighted by molar-refractivity contribution is 6.02. The van der Waals surface area contributed by atoms with Gasteiger partial charge in [-0.1, -0.05) is 72.8 Å². The van der Waals surface area contributed by atoms with Gasteiger partial charge in [0.15, 0.2) is 5.65 Å². The molecule has 180 valence electrons. The lowest BCUT2D eigenvalue weighted by atomic mass is 10.1. The third kappa shape index (κ3) is 4.20. The summed E-state index contributed by atoms with van der Waals surface area (Å²) in [6.45, 7) is 4.82. The molecule has 2 aromatic heterocycles. The number of hydrogen-bond acceptors (Lipinski definition) is 5. The lowest BCUT2D eigenvalue weighted by Crippen LogP contribution is -2.46. The maximum atomic E-state index is 5.69. The van der Waals surface area contributed by atoms with Crippen LogP contribution in [0.1, 0.15) is 5.56 Å². The molecule has 0 saturated carbocycles. The van der Waals surface area contributed by atoms with Crippen LogP contribution in [0.2, 0.25) is 0 Å². The molecule has 1 aliphatic heterocycles. The van der Waals surface area contributed by atoms with Gasteiger partial charge in [-0.25, -0.2) is 9.97 Å². The van der Waals surface area contributed by atoms with Gasteiger partial charge in [0.2, 0.25) is 0 Å². The second kappa shape index (κ2) is 9.84. The van der Waals surface area contributed by atoms with Crippen molar-refractivity contribution in [3.05, 3.63) is 103 Å². The van der Waals surface area contributed by atoms with E-state index in [1.807, 2.05) is 24.3 Å². The molecule has 1 aliphatic rings.